The van der Waals surface area contributed by atoms with Gasteiger partial charge in [0.25, 0.3) is 11.5 Å². The third-order valence-electron chi connectivity index (χ3n) is 7.23. The lowest BCUT2D eigenvalue weighted by molar-refractivity contribution is 0.0956. The third kappa shape index (κ3) is 7.25. The van der Waals surface area contributed by atoms with Crippen LogP contribution >= 0.6 is 0 Å². The van der Waals surface area contributed by atoms with Gasteiger partial charge in [-0.2, -0.15) is 0 Å². The van der Waals surface area contributed by atoms with Gasteiger partial charge in [-0.3, -0.25) is 14.3 Å². The lowest BCUT2D eigenvalue weighted by atomic mass is 10.1. The number of aromatic nitrogens is 4. The highest BCUT2D eigenvalue weighted by molar-refractivity contribution is 5.95. The van der Waals surface area contributed by atoms with Crippen molar-refractivity contribution in [3.63, 3.8) is 0 Å². The van der Waals surface area contributed by atoms with Crippen LogP contribution in [0.2, 0.25) is 0 Å². The second kappa shape index (κ2) is 13.5. The summed E-state index contributed by atoms with van der Waals surface area (Å²) in [5, 5.41) is 6.75. The molecule has 0 saturated carbocycles. The number of amides is 1. The van der Waals surface area contributed by atoms with Crippen molar-refractivity contribution >= 4 is 28.4 Å². The highest BCUT2D eigenvalue weighted by Crippen LogP contribution is 2.19. The molecule has 1 amide bonds. The topological polar surface area (TPSA) is 97.1 Å². The first-order chi connectivity index (χ1) is 21.6. The summed E-state index contributed by atoms with van der Waals surface area (Å²) in [4.78, 5) is 37.4. The van der Waals surface area contributed by atoms with Crippen LogP contribution in [-0.4, -0.2) is 50.8 Å². The summed E-state index contributed by atoms with van der Waals surface area (Å²) in [6.07, 6.45) is 2.15. The van der Waals surface area contributed by atoms with Crippen molar-refractivity contribution < 1.29 is 13.6 Å². The predicted molar refractivity (Wildman–Crippen MR) is 170 cm³/mol. The van der Waals surface area contributed by atoms with Crippen LogP contribution in [0.5, 0.6) is 0 Å². The van der Waals surface area contributed by atoms with Gasteiger partial charge in [-0.25, -0.2) is 23.4 Å². The molecular weight excluding hydrogens is 576 g/mol. The molecule has 0 unspecified atom stereocenters. The van der Waals surface area contributed by atoms with Gasteiger partial charge in [-0.15, -0.1) is 0 Å². The van der Waals surface area contributed by atoms with E-state index in [2.05, 4.69) is 49.5 Å². The maximum atomic E-state index is 13.7. The van der Waals surface area contributed by atoms with E-state index in [1.165, 1.54) is 16.3 Å². The zero-order valence-electron chi connectivity index (χ0n) is 25.5. The summed E-state index contributed by atoms with van der Waals surface area (Å²) in [7, 11) is 5.72. The molecule has 2 heterocycles. The Hall–Kier alpha value is -5.34. The van der Waals surface area contributed by atoms with Crippen LogP contribution in [0.25, 0.3) is 10.9 Å². The number of carbonyl (C=O) groups is 1. The van der Waals surface area contributed by atoms with Gasteiger partial charge in [0.15, 0.2) is 11.6 Å². The minimum Gasteiger partial charge on any atom is -0.341 e. The van der Waals surface area contributed by atoms with Crippen molar-refractivity contribution in [2.45, 2.75) is 26.4 Å². The molecule has 0 aliphatic heterocycles. The van der Waals surface area contributed by atoms with Crippen LogP contribution in [-0.2, 0) is 26.6 Å². The third-order valence-corrected chi connectivity index (χ3v) is 7.23. The molecule has 230 valence electrons. The summed E-state index contributed by atoms with van der Waals surface area (Å²) in [6.45, 7) is 2.70. The minimum absolute atomic E-state index is 0.00107. The fourth-order valence-corrected chi connectivity index (χ4v) is 5.04. The van der Waals surface area contributed by atoms with E-state index in [-0.39, 0.29) is 18.7 Å². The molecule has 5 rings (SSSR count). The number of fused-ring (bicyclic) bond motifs is 1. The van der Waals surface area contributed by atoms with Gasteiger partial charge >= 0.3 is 0 Å². The monoisotopic (exact) mass is 609 g/mol. The molecule has 0 radical (unpaired) electrons. The number of hydrogen-bond acceptors (Lipinski definition) is 6. The molecule has 11 heteroatoms. The number of hydrogen-bond donors (Lipinski definition) is 2. The molecule has 0 aliphatic rings. The fraction of sp³-hybridized carbons (Fsp3) is 0.235. The molecule has 0 bridgehead atoms. The lowest BCUT2D eigenvalue weighted by Gasteiger charge is -2.10. The molecule has 9 nitrogen and oxygen atoms in total. The SMILES string of the molecule is CCc1c(C(=O)NCC#Cc2ccc3nc(Nc4ccc(CN(C)C)cc4)ncc3c2)c(=O)n(Cc2ccc(F)c(F)c2)n1C. The minimum atomic E-state index is -1.000. The van der Waals surface area contributed by atoms with E-state index in [1.807, 2.05) is 51.4 Å². The average Bonchev–Trinajstić information content (AvgIpc) is 3.26. The van der Waals surface area contributed by atoms with Gasteiger partial charge in [-0.05, 0) is 74.1 Å². The Bertz CT molecular complexity index is 1990. The van der Waals surface area contributed by atoms with Gasteiger partial charge in [0.05, 0.1) is 24.3 Å². The standard InChI is InChI=1S/C34H33F2N7O2/c1-5-30-31(33(45)43(42(30)4)21-24-10-14-27(35)28(36)18-24)32(44)37-16-6-7-22-11-15-29-25(17-22)19-38-34(40-29)39-26-12-8-23(9-13-26)20-41(2)3/h8-15,17-19H,5,16,20-21H2,1-4H3,(H,37,44)(H,38,39,40). The van der Waals surface area contributed by atoms with E-state index < -0.39 is 23.1 Å². The zero-order valence-corrected chi connectivity index (χ0v) is 25.5. The Morgan fingerprint density at radius 1 is 1.00 bits per heavy atom. The quantitative estimate of drug-likeness (QED) is 0.237. The second-order valence-corrected chi connectivity index (χ2v) is 10.8. The van der Waals surface area contributed by atoms with E-state index >= 15 is 0 Å². The van der Waals surface area contributed by atoms with Gasteiger partial charge in [0.1, 0.15) is 5.56 Å². The van der Waals surface area contributed by atoms with Crippen molar-refractivity contribution in [3.8, 4) is 11.8 Å². The molecule has 45 heavy (non-hydrogen) atoms. The zero-order chi connectivity index (χ0) is 32.1. The summed E-state index contributed by atoms with van der Waals surface area (Å²) >= 11 is 0. The molecule has 0 atom stereocenters. The van der Waals surface area contributed by atoms with Crippen LogP contribution in [0.15, 0.2) is 71.7 Å². The molecule has 0 spiro atoms. The lowest BCUT2D eigenvalue weighted by Crippen LogP contribution is -2.31. The largest absolute Gasteiger partial charge is 0.341 e. The summed E-state index contributed by atoms with van der Waals surface area (Å²) in [5.41, 5.74) is 3.99. The van der Waals surface area contributed by atoms with Crippen molar-refractivity contribution in [2.24, 2.45) is 7.05 Å². The first-order valence-electron chi connectivity index (χ1n) is 14.4. The first-order valence-corrected chi connectivity index (χ1v) is 14.4. The predicted octanol–water partition coefficient (Wildman–Crippen LogP) is 4.61. The van der Waals surface area contributed by atoms with Crippen LogP contribution in [0.3, 0.4) is 0 Å². The van der Waals surface area contributed by atoms with Gasteiger partial charge in [-0.1, -0.05) is 37.0 Å². The number of nitrogens with one attached hydrogen (secondary N) is 2. The molecule has 5 aromatic rings. The highest BCUT2D eigenvalue weighted by atomic mass is 19.2. The average molecular weight is 610 g/mol. The maximum Gasteiger partial charge on any atom is 0.280 e. The molecule has 0 fully saturated rings. The number of nitrogens with zero attached hydrogens (tertiary/aromatic N) is 5. The van der Waals surface area contributed by atoms with Crippen molar-refractivity contribution in [1.29, 1.82) is 0 Å². The van der Waals surface area contributed by atoms with Crippen molar-refractivity contribution in [2.75, 3.05) is 26.0 Å². The molecule has 2 N–H and O–H groups in total. The number of benzene rings is 3. The van der Waals surface area contributed by atoms with Gasteiger partial charge < -0.3 is 15.5 Å². The highest BCUT2D eigenvalue weighted by Gasteiger charge is 2.23. The Kier molecular flexibility index (Phi) is 9.35. The second-order valence-electron chi connectivity index (χ2n) is 10.8. The fourth-order valence-electron chi connectivity index (χ4n) is 5.04. The summed E-state index contributed by atoms with van der Waals surface area (Å²) in [5.74, 6) is 3.92. The Morgan fingerprint density at radius 3 is 2.47 bits per heavy atom. The van der Waals surface area contributed by atoms with E-state index in [4.69, 9.17) is 0 Å². The van der Waals surface area contributed by atoms with E-state index in [0.29, 0.717) is 23.6 Å². The molecule has 2 aromatic heterocycles. The molecule has 0 saturated heterocycles. The van der Waals surface area contributed by atoms with Crippen molar-refractivity contribution in [3.05, 3.63) is 117 Å². The summed E-state index contributed by atoms with van der Waals surface area (Å²) < 4.78 is 29.9. The summed E-state index contributed by atoms with van der Waals surface area (Å²) in [6, 6.07) is 17.1. The maximum absolute atomic E-state index is 13.7. The van der Waals surface area contributed by atoms with E-state index in [9.17, 15) is 18.4 Å². The van der Waals surface area contributed by atoms with E-state index in [0.717, 1.165) is 40.8 Å². The Balaban J connectivity index is 1.23. The van der Waals surface area contributed by atoms with E-state index in [1.54, 1.807) is 17.9 Å². The van der Waals surface area contributed by atoms with Crippen LogP contribution < -0.4 is 16.2 Å². The number of halogens is 2. The molecule has 0 aliphatic carbocycles. The van der Waals surface area contributed by atoms with Gasteiger partial charge in [0.2, 0.25) is 5.95 Å². The normalized spacial score (nSPS) is 11.0. The molecule has 3 aromatic carbocycles. The van der Waals surface area contributed by atoms with Crippen LogP contribution in [0.1, 0.15) is 39.7 Å². The molecular formula is C34H33F2N7O2. The Labute approximate surface area is 259 Å². The number of carbonyl (C=O) groups excluding carboxylic acids is 1. The van der Waals surface area contributed by atoms with Crippen LogP contribution in [0, 0.1) is 23.5 Å². The smallest absolute Gasteiger partial charge is 0.280 e. The first kappa shape index (κ1) is 31.1. The van der Waals surface area contributed by atoms with Crippen molar-refractivity contribution in [1.82, 2.24) is 29.5 Å². The number of rotatable bonds is 9. The number of anilines is 2. The van der Waals surface area contributed by atoms with Crippen LogP contribution in [0.4, 0.5) is 20.4 Å². The van der Waals surface area contributed by atoms with Gasteiger partial charge in [0, 0.05) is 36.4 Å². The Morgan fingerprint density at radius 2 is 1.76 bits per heavy atom.